The van der Waals surface area contributed by atoms with Gasteiger partial charge in [-0.1, -0.05) is 44.3 Å². The third kappa shape index (κ3) is 3.64. The molecule has 1 saturated heterocycles. The third-order valence-electron chi connectivity index (χ3n) is 3.83. The smallest absolute Gasteiger partial charge is 0.0532 e. The van der Waals surface area contributed by atoms with Crippen LogP contribution < -0.4 is 0 Å². The standard InChI is InChI=1S/C14H24O/c1-2-4-6-8-10-14-12-15-11-13(14)9-7-5-3-1/h7,9,13-14H,1-6,8,10-12H2/b9-7-/t13-,14-/m1/s1. The zero-order chi connectivity index (χ0) is 10.3. The van der Waals surface area contributed by atoms with E-state index in [2.05, 4.69) is 12.2 Å². The topological polar surface area (TPSA) is 9.23 Å². The van der Waals surface area contributed by atoms with Gasteiger partial charge in [0.05, 0.1) is 13.2 Å². The number of hydrogen-bond donors (Lipinski definition) is 0. The molecular formula is C14H24O. The molecule has 0 amide bonds. The van der Waals surface area contributed by atoms with E-state index in [1.165, 1.54) is 51.4 Å². The molecule has 1 fully saturated rings. The fraction of sp³-hybridized carbons (Fsp3) is 0.857. The van der Waals surface area contributed by atoms with Gasteiger partial charge in [0.15, 0.2) is 0 Å². The summed E-state index contributed by atoms with van der Waals surface area (Å²) in [5.74, 6) is 1.55. The van der Waals surface area contributed by atoms with Gasteiger partial charge in [-0.05, 0) is 25.2 Å². The highest BCUT2D eigenvalue weighted by atomic mass is 16.5. The normalized spacial score (nSPS) is 36.3. The quantitative estimate of drug-likeness (QED) is 0.548. The van der Waals surface area contributed by atoms with Crippen LogP contribution in [0.15, 0.2) is 12.2 Å². The van der Waals surface area contributed by atoms with E-state index in [0.29, 0.717) is 0 Å². The van der Waals surface area contributed by atoms with Gasteiger partial charge in [-0.25, -0.2) is 0 Å². The van der Waals surface area contributed by atoms with Crippen LogP contribution in [0.1, 0.15) is 51.4 Å². The minimum atomic E-state index is 0.726. The Morgan fingerprint density at radius 3 is 2.60 bits per heavy atom. The van der Waals surface area contributed by atoms with Crippen LogP contribution in [0.3, 0.4) is 0 Å². The second-order valence-electron chi connectivity index (χ2n) is 5.09. The lowest BCUT2D eigenvalue weighted by Crippen LogP contribution is -2.10. The summed E-state index contributed by atoms with van der Waals surface area (Å²) in [6.45, 7) is 1.98. The highest BCUT2D eigenvalue weighted by Gasteiger charge is 2.25. The van der Waals surface area contributed by atoms with E-state index in [9.17, 15) is 0 Å². The van der Waals surface area contributed by atoms with Gasteiger partial charge in [0, 0.05) is 5.92 Å². The van der Waals surface area contributed by atoms with Gasteiger partial charge in [0.2, 0.25) is 0 Å². The Bertz CT molecular complexity index is 198. The number of rotatable bonds is 0. The van der Waals surface area contributed by atoms with E-state index in [1.54, 1.807) is 0 Å². The second-order valence-corrected chi connectivity index (χ2v) is 5.09. The molecule has 1 nitrogen and oxygen atoms in total. The fourth-order valence-corrected chi connectivity index (χ4v) is 2.77. The van der Waals surface area contributed by atoms with Crippen molar-refractivity contribution in [3.63, 3.8) is 0 Å². The van der Waals surface area contributed by atoms with Crippen molar-refractivity contribution in [2.75, 3.05) is 13.2 Å². The molecule has 2 rings (SSSR count). The van der Waals surface area contributed by atoms with Crippen LogP contribution in [0, 0.1) is 11.8 Å². The summed E-state index contributed by atoms with van der Waals surface area (Å²) in [5, 5.41) is 0. The molecule has 15 heavy (non-hydrogen) atoms. The second kappa shape index (κ2) is 6.32. The minimum absolute atomic E-state index is 0.726. The molecule has 0 bridgehead atoms. The minimum Gasteiger partial charge on any atom is -0.381 e. The predicted molar refractivity (Wildman–Crippen MR) is 63.9 cm³/mol. The molecule has 0 aromatic carbocycles. The molecule has 1 heteroatoms. The Morgan fingerprint density at radius 1 is 0.867 bits per heavy atom. The summed E-state index contributed by atoms with van der Waals surface area (Å²) in [7, 11) is 0. The van der Waals surface area contributed by atoms with Gasteiger partial charge >= 0.3 is 0 Å². The Morgan fingerprint density at radius 2 is 1.67 bits per heavy atom. The number of fused-ring (bicyclic) bond motifs is 1. The van der Waals surface area contributed by atoms with Gasteiger partial charge in [-0.3, -0.25) is 0 Å². The highest BCUT2D eigenvalue weighted by molar-refractivity contribution is 4.94. The van der Waals surface area contributed by atoms with E-state index < -0.39 is 0 Å². The Labute approximate surface area is 93.9 Å². The van der Waals surface area contributed by atoms with Crippen molar-refractivity contribution < 1.29 is 4.74 Å². The zero-order valence-electron chi connectivity index (χ0n) is 9.79. The van der Waals surface area contributed by atoms with Crippen LogP contribution >= 0.6 is 0 Å². The van der Waals surface area contributed by atoms with Crippen molar-refractivity contribution in [3.8, 4) is 0 Å². The fourth-order valence-electron chi connectivity index (χ4n) is 2.77. The van der Waals surface area contributed by atoms with Crippen LogP contribution in [-0.4, -0.2) is 13.2 Å². The van der Waals surface area contributed by atoms with Gasteiger partial charge in [-0.2, -0.15) is 0 Å². The lowest BCUT2D eigenvalue weighted by atomic mass is 9.89. The molecule has 0 aromatic heterocycles. The SMILES string of the molecule is C1=C\[C@@H]2COC[C@H]2CCCCCCCC/1. The number of hydrogen-bond acceptors (Lipinski definition) is 1. The summed E-state index contributed by atoms with van der Waals surface area (Å²) in [4.78, 5) is 0. The average Bonchev–Trinajstić information content (AvgIpc) is 2.65. The Hall–Kier alpha value is -0.300. The van der Waals surface area contributed by atoms with E-state index in [-0.39, 0.29) is 0 Å². The van der Waals surface area contributed by atoms with E-state index in [1.807, 2.05) is 0 Å². The largest absolute Gasteiger partial charge is 0.381 e. The summed E-state index contributed by atoms with van der Waals surface area (Å²) >= 11 is 0. The first-order valence-electron chi connectivity index (χ1n) is 6.71. The van der Waals surface area contributed by atoms with Gasteiger partial charge < -0.3 is 4.74 Å². The highest BCUT2D eigenvalue weighted by Crippen LogP contribution is 2.28. The molecule has 0 radical (unpaired) electrons. The molecule has 1 aliphatic carbocycles. The van der Waals surface area contributed by atoms with Crippen LogP contribution in [0.4, 0.5) is 0 Å². The monoisotopic (exact) mass is 208 g/mol. The Balaban J connectivity index is 1.86. The van der Waals surface area contributed by atoms with Gasteiger partial charge in [0.1, 0.15) is 0 Å². The predicted octanol–water partition coefficient (Wildman–Crippen LogP) is 3.94. The molecule has 2 aliphatic rings. The molecule has 0 N–H and O–H groups in total. The van der Waals surface area contributed by atoms with Crippen molar-refractivity contribution in [2.24, 2.45) is 11.8 Å². The maximum Gasteiger partial charge on any atom is 0.0532 e. The van der Waals surface area contributed by atoms with Gasteiger partial charge in [-0.15, -0.1) is 0 Å². The van der Waals surface area contributed by atoms with Crippen molar-refractivity contribution in [1.29, 1.82) is 0 Å². The summed E-state index contributed by atoms with van der Waals surface area (Å²) < 4.78 is 5.60. The molecule has 0 aromatic rings. The van der Waals surface area contributed by atoms with E-state index >= 15 is 0 Å². The van der Waals surface area contributed by atoms with Crippen molar-refractivity contribution in [3.05, 3.63) is 12.2 Å². The molecule has 1 aliphatic heterocycles. The van der Waals surface area contributed by atoms with Crippen molar-refractivity contribution >= 4 is 0 Å². The first-order valence-corrected chi connectivity index (χ1v) is 6.71. The van der Waals surface area contributed by atoms with Crippen LogP contribution in [0.2, 0.25) is 0 Å². The van der Waals surface area contributed by atoms with E-state index in [4.69, 9.17) is 4.74 Å². The first kappa shape index (κ1) is 11.2. The van der Waals surface area contributed by atoms with Crippen LogP contribution in [0.5, 0.6) is 0 Å². The molecule has 0 saturated carbocycles. The molecule has 86 valence electrons. The maximum atomic E-state index is 5.60. The lowest BCUT2D eigenvalue weighted by molar-refractivity contribution is 0.181. The third-order valence-corrected chi connectivity index (χ3v) is 3.83. The molecule has 2 atom stereocenters. The molecule has 1 heterocycles. The summed E-state index contributed by atoms with van der Waals surface area (Å²) in [5.41, 5.74) is 0. The van der Waals surface area contributed by atoms with Crippen LogP contribution in [0.25, 0.3) is 0 Å². The molecule has 0 spiro atoms. The Kier molecular flexibility index (Phi) is 4.72. The zero-order valence-corrected chi connectivity index (χ0v) is 9.79. The molecular weight excluding hydrogens is 184 g/mol. The number of ether oxygens (including phenoxy) is 1. The molecule has 0 unspecified atom stereocenters. The van der Waals surface area contributed by atoms with Crippen molar-refractivity contribution in [2.45, 2.75) is 51.4 Å². The lowest BCUT2D eigenvalue weighted by Gasteiger charge is -2.14. The summed E-state index contributed by atoms with van der Waals surface area (Å²) in [6.07, 6.45) is 16.0. The maximum absolute atomic E-state index is 5.60. The van der Waals surface area contributed by atoms with Crippen molar-refractivity contribution in [1.82, 2.24) is 0 Å². The van der Waals surface area contributed by atoms with Gasteiger partial charge in [0.25, 0.3) is 0 Å². The first-order chi connectivity index (χ1) is 7.47. The summed E-state index contributed by atoms with van der Waals surface area (Å²) in [6, 6.07) is 0. The average molecular weight is 208 g/mol. The van der Waals surface area contributed by atoms with Crippen LogP contribution in [-0.2, 0) is 4.74 Å². The number of allylic oxidation sites excluding steroid dienone is 1. The van der Waals surface area contributed by atoms with E-state index in [0.717, 1.165) is 25.0 Å².